The van der Waals surface area contributed by atoms with E-state index in [1.54, 1.807) is 12.1 Å². The van der Waals surface area contributed by atoms with Crippen LogP contribution in [0.15, 0.2) is 52.2 Å². The predicted molar refractivity (Wildman–Crippen MR) is 132 cm³/mol. The number of guanidine groups is 1. The molecular formula is C23H33N7O4. The number of amides is 1. The normalized spacial score (nSPS) is 17.0. The quantitative estimate of drug-likeness (QED) is 0.146. The summed E-state index contributed by atoms with van der Waals surface area (Å²) >= 11 is 0. The number of allylic oxidation sites excluding steroid dienone is 1. The number of aliphatic imine (C=N–C) groups is 2. The van der Waals surface area contributed by atoms with Gasteiger partial charge in [-0.1, -0.05) is 6.07 Å². The number of rotatable bonds is 12. The van der Waals surface area contributed by atoms with E-state index in [2.05, 4.69) is 20.6 Å². The number of aromatic hydroxyl groups is 1. The van der Waals surface area contributed by atoms with Gasteiger partial charge in [0, 0.05) is 50.0 Å². The van der Waals surface area contributed by atoms with Crippen molar-refractivity contribution in [3.63, 3.8) is 0 Å². The molecule has 0 aliphatic carbocycles. The minimum absolute atomic E-state index is 0.00466. The van der Waals surface area contributed by atoms with Crippen LogP contribution in [0.2, 0.25) is 0 Å². The zero-order chi connectivity index (χ0) is 24.8. The standard InChI is InChI=1S/C23H33N7O4/c1-34-21-6-5-17(12-20(21)32)13-27-14-18(22(33)28-10-9-26-8-3-7-24)15-29-23(25)30-11-2-4-19(30)16-31/h3,5-9,12,15,19,24,27,31-32H,2,4,10-11,13-14,16H2,1H3,(H2,25,29)(H,28,33)/b8-3-,18-15+,24-7?,26-9?/t19-/m0/s1. The zero-order valence-electron chi connectivity index (χ0n) is 19.3. The molecule has 0 bridgehead atoms. The molecule has 1 heterocycles. The lowest BCUT2D eigenvalue weighted by Gasteiger charge is -2.23. The highest BCUT2D eigenvalue weighted by Crippen LogP contribution is 2.26. The molecule has 0 unspecified atom stereocenters. The summed E-state index contributed by atoms with van der Waals surface area (Å²) in [5.74, 6) is 0.325. The number of phenols is 1. The highest BCUT2D eigenvalue weighted by molar-refractivity contribution is 5.95. The van der Waals surface area contributed by atoms with Crippen LogP contribution in [0.25, 0.3) is 0 Å². The highest BCUT2D eigenvalue weighted by atomic mass is 16.5. The smallest absolute Gasteiger partial charge is 0.250 e. The maximum Gasteiger partial charge on any atom is 0.250 e. The summed E-state index contributed by atoms with van der Waals surface area (Å²) in [6.07, 6.45) is 8.70. The largest absolute Gasteiger partial charge is 0.504 e. The van der Waals surface area contributed by atoms with Gasteiger partial charge in [0.25, 0.3) is 0 Å². The van der Waals surface area contributed by atoms with Gasteiger partial charge in [-0.25, -0.2) is 4.99 Å². The number of hydrogen-bond donors (Lipinski definition) is 6. The highest BCUT2D eigenvalue weighted by Gasteiger charge is 2.25. The molecule has 1 saturated heterocycles. The zero-order valence-corrected chi connectivity index (χ0v) is 19.3. The minimum atomic E-state index is -0.343. The van der Waals surface area contributed by atoms with Crippen molar-refractivity contribution in [1.82, 2.24) is 15.5 Å². The molecular weight excluding hydrogens is 438 g/mol. The molecule has 7 N–H and O–H groups in total. The Kier molecular flexibility index (Phi) is 11.3. The van der Waals surface area contributed by atoms with E-state index in [0.717, 1.165) is 24.6 Å². The summed E-state index contributed by atoms with van der Waals surface area (Å²) in [6, 6.07) is 5.00. The van der Waals surface area contributed by atoms with Crippen LogP contribution in [0.1, 0.15) is 18.4 Å². The number of nitrogens with two attached hydrogens (primary N) is 1. The van der Waals surface area contributed by atoms with E-state index in [-0.39, 0.29) is 43.4 Å². The monoisotopic (exact) mass is 471 g/mol. The van der Waals surface area contributed by atoms with Gasteiger partial charge in [0.2, 0.25) is 5.91 Å². The maximum absolute atomic E-state index is 12.7. The number of aliphatic hydroxyl groups is 1. The van der Waals surface area contributed by atoms with Crippen LogP contribution < -0.4 is 21.1 Å². The topological polar surface area (TPSA) is 169 Å². The van der Waals surface area contributed by atoms with Gasteiger partial charge in [0.1, 0.15) is 0 Å². The lowest BCUT2D eigenvalue weighted by molar-refractivity contribution is -0.117. The molecule has 184 valence electrons. The number of aliphatic hydroxyl groups excluding tert-OH is 1. The fraction of sp³-hybridized carbons (Fsp3) is 0.391. The molecule has 34 heavy (non-hydrogen) atoms. The van der Waals surface area contributed by atoms with Crippen molar-refractivity contribution in [2.24, 2.45) is 15.7 Å². The van der Waals surface area contributed by atoms with E-state index < -0.39 is 0 Å². The molecule has 1 atom stereocenters. The lowest BCUT2D eigenvalue weighted by atomic mass is 10.2. The molecule has 0 aromatic heterocycles. The van der Waals surface area contributed by atoms with Gasteiger partial charge >= 0.3 is 0 Å². The molecule has 1 aromatic carbocycles. The molecule has 1 fully saturated rings. The van der Waals surface area contributed by atoms with Crippen LogP contribution >= 0.6 is 0 Å². The molecule has 1 aliphatic rings. The first kappa shape index (κ1) is 26.6. The Labute approximate surface area is 199 Å². The number of nitrogens with zero attached hydrogens (tertiary/aromatic N) is 3. The van der Waals surface area contributed by atoms with Crippen molar-refractivity contribution in [2.45, 2.75) is 25.4 Å². The second kappa shape index (κ2) is 14.4. The number of methoxy groups -OCH3 is 1. The number of likely N-dealkylation sites (tertiary alicyclic amines) is 1. The van der Waals surface area contributed by atoms with E-state index in [1.807, 2.05) is 11.0 Å². The van der Waals surface area contributed by atoms with Gasteiger partial charge in [-0.15, -0.1) is 0 Å². The van der Waals surface area contributed by atoms with Crippen molar-refractivity contribution in [2.75, 3.05) is 33.4 Å². The Morgan fingerprint density at radius 3 is 2.97 bits per heavy atom. The molecule has 1 aromatic rings. The van der Waals surface area contributed by atoms with Crippen molar-refractivity contribution in [3.05, 3.63) is 47.8 Å². The number of carbonyl (C=O) groups is 1. The molecule has 11 nitrogen and oxygen atoms in total. The second-order valence-corrected chi connectivity index (χ2v) is 7.47. The van der Waals surface area contributed by atoms with E-state index >= 15 is 0 Å². The molecule has 1 amide bonds. The molecule has 0 spiro atoms. The molecule has 0 saturated carbocycles. The van der Waals surface area contributed by atoms with Gasteiger partial charge in [0.15, 0.2) is 17.5 Å². The van der Waals surface area contributed by atoms with Crippen LogP contribution in [0, 0.1) is 5.41 Å². The van der Waals surface area contributed by atoms with Crippen LogP contribution in [0.3, 0.4) is 0 Å². The van der Waals surface area contributed by atoms with Gasteiger partial charge in [0.05, 0.1) is 26.3 Å². The second-order valence-electron chi connectivity index (χ2n) is 7.47. The maximum atomic E-state index is 12.7. The van der Waals surface area contributed by atoms with Gasteiger partial charge in [-0.05, 0) is 36.6 Å². The van der Waals surface area contributed by atoms with Crippen molar-refractivity contribution >= 4 is 24.3 Å². The number of hydrogen-bond acceptors (Lipinski definition) is 8. The molecule has 11 heteroatoms. The Hall–Kier alpha value is -3.70. The van der Waals surface area contributed by atoms with E-state index in [9.17, 15) is 15.0 Å². The first-order valence-corrected chi connectivity index (χ1v) is 10.9. The number of ether oxygens (including phenoxy) is 1. The third-order valence-electron chi connectivity index (χ3n) is 5.14. The van der Waals surface area contributed by atoms with Crippen molar-refractivity contribution < 1.29 is 19.7 Å². The summed E-state index contributed by atoms with van der Waals surface area (Å²) in [7, 11) is 1.48. The molecule has 2 rings (SSSR count). The Bertz CT molecular complexity index is 943. The number of nitrogens with one attached hydrogen (secondary N) is 3. The third kappa shape index (κ3) is 8.34. The van der Waals surface area contributed by atoms with Gasteiger partial charge in [-0.3, -0.25) is 9.79 Å². The summed E-state index contributed by atoms with van der Waals surface area (Å²) in [6.45, 7) is 1.49. The van der Waals surface area contributed by atoms with E-state index in [0.29, 0.717) is 24.4 Å². The van der Waals surface area contributed by atoms with Crippen LogP contribution in [-0.2, 0) is 11.3 Å². The van der Waals surface area contributed by atoms with Crippen molar-refractivity contribution in [1.29, 1.82) is 5.41 Å². The average molecular weight is 472 g/mol. The fourth-order valence-electron chi connectivity index (χ4n) is 3.38. The molecule has 1 aliphatic heterocycles. The summed E-state index contributed by atoms with van der Waals surface area (Å²) in [4.78, 5) is 22.8. The van der Waals surface area contributed by atoms with Crippen LogP contribution in [0.5, 0.6) is 11.5 Å². The Balaban J connectivity index is 2.06. The van der Waals surface area contributed by atoms with Gasteiger partial charge in [-0.2, -0.15) is 0 Å². The third-order valence-corrected chi connectivity index (χ3v) is 5.14. The lowest BCUT2D eigenvalue weighted by Crippen LogP contribution is -2.42. The average Bonchev–Trinajstić information content (AvgIpc) is 3.32. The Morgan fingerprint density at radius 2 is 2.26 bits per heavy atom. The predicted octanol–water partition coefficient (Wildman–Crippen LogP) is 0.496. The van der Waals surface area contributed by atoms with Crippen LogP contribution in [-0.4, -0.2) is 78.8 Å². The molecule has 0 radical (unpaired) electrons. The minimum Gasteiger partial charge on any atom is -0.504 e. The fourth-order valence-corrected chi connectivity index (χ4v) is 3.38. The number of carbonyl (C=O) groups excluding carboxylic acids is 1. The Morgan fingerprint density at radius 1 is 1.44 bits per heavy atom. The summed E-state index contributed by atoms with van der Waals surface area (Å²) in [5.41, 5.74) is 7.27. The SMILES string of the molecule is COc1ccc(CNC/C(=C\N=C(N)N2CCC[C@H]2CO)C(=O)NCC=N/C=C\C=N)cc1O. The number of benzene rings is 1. The first-order chi connectivity index (χ1) is 16.5. The summed E-state index contributed by atoms with van der Waals surface area (Å²) < 4.78 is 5.05. The van der Waals surface area contributed by atoms with Gasteiger partial charge < -0.3 is 41.6 Å². The number of phenolic OH excluding ortho intramolecular Hbond substituents is 1. The summed E-state index contributed by atoms with van der Waals surface area (Å²) in [5, 5.41) is 32.3. The van der Waals surface area contributed by atoms with Crippen LogP contribution in [0.4, 0.5) is 0 Å². The first-order valence-electron chi connectivity index (χ1n) is 10.9. The van der Waals surface area contributed by atoms with Crippen molar-refractivity contribution in [3.8, 4) is 11.5 Å². The van der Waals surface area contributed by atoms with E-state index in [4.69, 9.17) is 15.9 Å². The van der Waals surface area contributed by atoms with E-state index in [1.165, 1.54) is 31.8 Å².